The average Bonchev–Trinajstić information content (AvgIpc) is 2.71. The number of nitrogens with one attached hydrogen (secondary N) is 3. The van der Waals surface area contributed by atoms with Gasteiger partial charge in [-0.1, -0.05) is 30.3 Å². The molecule has 0 saturated carbocycles. The van der Waals surface area contributed by atoms with Gasteiger partial charge in [0.2, 0.25) is 0 Å². The van der Waals surface area contributed by atoms with Crippen LogP contribution in [0.2, 0.25) is 0 Å². The van der Waals surface area contributed by atoms with Gasteiger partial charge in [0, 0.05) is 38.0 Å². The van der Waals surface area contributed by atoms with E-state index in [1.165, 1.54) is 0 Å². The van der Waals surface area contributed by atoms with Crippen LogP contribution in [0.3, 0.4) is 0 Å². The van der Waals surface area contributed by atoms with Crippen LogP contribution in [0.4, 0.5) is 5.69 Å². The van der Waals surface area contributed by atoms with Crippen molar-refractivity contribution in [2.45, 2.75) is 20.0 Å². The van der Waals surface area contributed by atoms with Crippen molar-refractivity contribution in [3.8, 4) is 5.75 Å². The number of aliphatic imine (C=N–C) groups is 1. The number of anilines is 1. The fourth-order valence-corrected chi connectivity index (χ4v) is 2.57. The maximum Gasteiger partial charge on any atom is 0.191 e. The minimum atomic E-state index is 0. The lowest BCUT2D eigenvalue weighted by atomic mass is 10.2. The first-order valence-corrected chi connectivity index (χ1v) is 9.22. The summed E-state index contributed by atoms with van der Waals surface area (Å²) in [5.74, 6) is 1.66. The zero-order chi connectivity index (χ0) is 19.3. The first-order chi connectivity index (χ1) is 13.3. The van der Waals surface area contributed by atoms with Gasteiger partial charge in [-0.15, -0.1) is 24.0 Å². The molecule has 154 valence electrons. The molecule has 0 amide bonds. The molecule has 0 aromatic heterocycles. The third-order valence-electron chi connectivity index (χ3n) is 3.99. The van der Waals surface area contributed by atoms with Crippen LogP contribution in [0.1, 0.15) is 18.1 Å². The van der Waals surface area contributed by atoms with E-state index in [4.69, 9.17) is 9.47 Å². The van der Waals surface area contributed by atoms with Crippen LogP contribution in [-0.2, 0) is 17.8 Å². The Balaban J connectivity index is 0.00000392. The summed E-state index contributed by atoms with van der Waals surface area (Å²) in [5.41, 5.74) is 3.33. The number of hydrogen-bond donors (Lipinski definition) is 3. The molecule has 0 bridgehead atoms. The summed E-state index contributed by atoms with van der Waals surface area (Å²) in [6.45, 7) is 5.61. The molecular formula is C21H31IN4O2. The zero-order valence-corrected chi connectivity index (χ0v) is 19.2. The molecule has 0 atom stereocenters. The second-order valence-electron chi connectivity index (χ2n) is 5.98. The molecule has 2 aromatic rings. The van der Waals surface area contributed by atoms with Crippen molar-refractivity contribution in [3.05, 3.63) is 59.7 Å². The van der Waals surface area contributed by atoms with Crippen LogP contribution >= 0.6 is 24.0 Å². The fraction of sp³-hybridized carbons (Fsp3) is 0.381. The van der Waals surface area contributed by atoms with Gasteiger partial charge in [0.05, 0.1) is 20.3 Å². The number of hydrogen-bond acceptors (Lipinski definition) is 4. The predicted molar refractivity (Wildman–Crippen MR) is 127 cm³/mol. The normalized spacial score (nSPS) is 10.8. The molecule has 3 N–H and O–H groups in total. The summed E-state index contributed by atoms with van der Waals surface area (Å²) in [7, 11) is 3.39. The van der Waals surface area contributed by atoms with Gasteiger partial charge in [-0.25, -0.2) is 4.99 Å². The number of halogens is 1. The Hall–Kier alpha value is -2.00. The quantitative estimate of drug-likeness (QED) is 0.202. The van der Waals surface area contributed by atoms with Crippen LogP contribution < -0.4 is 20.7 Å². The molecular weight excluding hydrogens is 467 g/mol. The summed E-state index contributed by atoms with van der Waals surface area (Å²) >= 11 is 0. The van der Waals surface area contributed by atoms with Crippen molar-refractivity contribution >= 4 is 35.6 Å². The fourth-order valence-electron chi connectivity index (χ4n) is 2.57. The molecule has 2 rings (SSSR count). The lowest BCUT2D eigenvalue weighted by molar-refractivity contribution is 0.211. The molecule has 0 unspecified atom stereocenters. The van der Waals surface area contributed by atoms with Crippen LogP contribution in [0.15, 0.2) is 53.5 Å². The minimum Gasteiger partial charge on any atom is -0.496 e. The Morgan fingerprint density at radius 2 is 1.75 bits per heavy atom. The SMILES string of the molecule is CCNC(=NCc1ccc(NCCOC)cc1)NCc1ccccc1OC.I. The van der Waals surface area contributed by atoms with E-state index in [9.17, 15) is 0 Å². The molecule has 0 fully saturated rings. The highest BCUT2D eigenvalue weighted by Gasteiger charge is 2.03. The number of para-hydroxylation sites is 1. The molecule has 0 aliphatic heterocycles. The Morgan fingerprint density at radius 3 is 2.43 bits per heavy atom. The Kier molecular flexibility index (Phi) is 12.1. The summed E-state index contributed by atoms with van der Waals surface area (Å²) in [4.78, 5) is 4.67. The minimum absolute atomic E-state index is 0. The Labute approximate surface area is 185 Å². The van der Waals surface area contributed by atoms with Crippen LogP contribution in [-0.4, -0.2) is 39.9 Å². The van der Waals surface area contributed by atoms with E-state index in [1.54, 1.807) is 14.2 Å². The molecule has 0 spiro atoms. The van der Waals surface area contributed by atoms with Gasteiger partial charge in [0.25, 0.3) is 0 Å². The molecule has 2 aromatic carbocycles. The van der Waals surface area contributed by atoms with E-state index in [0.717, 1.165) is 41.6 Å². The van der Waals surface area contributed by atoms with Gasteiger partial charge < -0.3 is 25.4 Å². The summed E-state index contributed by atoms with van der Waals surface area (Å²) in [5, 5.41) is 9.95. The van der Waals surface area contributed by atoms with Gasteiger partial charge in [-0.2, -0.15) is 0 Å². The van der Waals surface area contributed by atoms with Crippen molar-refractivity contribution in [1.82, 2.24) is 10.6 Å². The highest BCUT2D eigenvalue weighted by molar-refractivity contribution is 14.0. The van der Waals surface area contributed by atoms with E-state index in [-0.39, 0.29) is 24.0 Å². The van der Waals surface area contributed by atoms with Crippen LogP contribution in [0.25, 0.3) is 0 Å². The number of rotatable bonds is 10. The van der Waals surface area contributed by atoms with Crippen LogP contribution in [0, 0.1) is 0 Å². The van der Waals surface area contributed by atoms with E-state index in [0.29, 0.717) is 19.7 Å². The first-order valence-electron chi connectivity index (χ1n) is 9.22. The highest BCUT2D eigenvalue weighted by atomic mass is 127. The predicted octanol–water partition coefficient (Wildman–Crippen LogP) is 3.63. The summed E-state index contributed by atoms with van der Waals surface area (Å²) in [6.07, 6.45) is 0. The summed E-state index contributed by atoms with van der Waals surface area (Å²) < 4.78 is 10.4. The number of benzene rings is 2. The number of nitrogens with zero attached hydrogens (tertiary/aromatic N) is 1. The summed E-state index contributed by atoms with van der Waals surface area (Å²) in [6, 6.07) is 16.3. The third kappa shape index (κ3) is 8.35. The molecule has 0 aliphatic carbocycles. The van der Waals surface area contributed by atoms with E-state index < -0.39 is 0 Å². The zero-order valence-electron chi connectivity index (χ0n) is 16.8. The molecule has 6 nitrogen and oxygen atoms in total. The Morgan fingerprint density at radius 1 is 1.00 bits per heavy atom. The van der Waals surface area contributed by atoms with Crippen molar-refractivity contribution in [2.75, 3.05) is 39.2 Å². The maximum absolute atomic E-state index is 5.40. The molecule has 7 heteroatoms. The van der Waals surface area contributed by atoms with Crippen molar-refractivity contribution in [1.29, 1.82) is 0 Å². The largest absolute Gasteiger partial charge is 0.496 e. The maximum atomic E-state index is 5.40. The topological polar surface area (TPSA) is 66.9 Å². The van der Waals surface area contributed by atoms with E-state index in [1.807, 2.05) is 24.3 Å². The highest BCUT2D eigenvalue weighted by Crippen LogP contribution is 2.16. The van der Waals surface area contributed by atoms with Crippen LogP contribution in [0.5, 0.6) is 5.75 Å². The average molecular weight is 498 g/mol. The third-order valence-corrected chi connectivity index (χ3v) is 3.99. The van der Waals surface area contributed by atoms with Crippen molar-refractivity contribution < 1.29 is 9.47 Å². The van der Waals surface area contributed by atoms with E-state index in [2.05, 4.69) is 52.1 Å². The van der Waals surface area contributed by atoms with Crippen molar-refractivity contribution in [2.24, 2.45) is 4.99 Å². The Bertz CT molecular complexity index is 708. The van der Waals surface area contributed by atoms with E-state index >= 15 is 0 Å². The van der Waals surface area contributed by atoms with Crippen molar-refractivity contribution in [3.63, 3.8) is 0 Å². The number of guanidine groups is 1. The number of methoxy groups -OCH3 is 2. The standard InChI is InChI=1S/C21H30N4O2.HI/c1-4-22-21(25-16-18-7-5-6-8-20(18)27-3)24-15-17-9-11-19(12-10-17)23-13-14-26-2;/h5-12,23H,4,13-16H2,1-3H3,(H2,22,24,25);1H. The second-order valence-corrected chi connectivity index (χ2v) is 5.98. The van der Waals surface area contributed by atoms with Gasteiger partial charge in [0.15, 0.2) is 5.96 Å². The van der Waals surface area contributed by atoms with Gasteiger partial charge >= 0.3 is 0 Å². The molecule has 0 aliphatic rings. The molecule has 28 heavy (non-hydrogen) atoms. The van der Waals surface area contributed by atoms with Gasteiger partial charge in [0.1, 0.15) is 5.75 Å². The van der Waals surface area contributed by atoms with Gasteiger partial charge in [-0.05, 0) is 30.7 Å². The molecule has 0 saturated heterocycles. The monoisotopic (exact) mass is 498 g/mol. The lowest BCUT2D eigenvalue weighted by Crippen LogP contribution is -2.36. The molecule has 0 heterocycles. The smallest absolute Gasteiger partial charge is 0.191 e. The first kappa shape index (κ1) is 24.0. The van der Waals surface area contributed by atoms with Gasteiger partial charge in [-0.3, -0.25) is 0 Å². The second kappa shape index (κ2) is 14.1. The lowest BCUT2D eigenvalue weighted by Gasteiger charge is -2.13. The number of ether oxygens (including phenoxy) is 2. The molecule has 0 radical (unpaired) electrons.